The molecule has 3 heteroatoms. The number of nitrogens with two attached hydrogens (primary N) is 1. The molecule has 0 saturated heterocycles. The smallest absolute Gasteiger partial charge is 0.119 e. The van der Waals surface area contributed by atoms with Gasteiger partial charge in [-0.25, -0.2) is 0 Å². The first-order valence-corrected chi connectivity index (χ1v) is 4.46. The lowest BCUT2D eigenvalue weighted by atomic mass is 10.1. The summed E-state index contributed by atoms with van der Waals surface area (Å²) < 4.78 is -0.579. The predicted molar refractivity (Wildman–Crippen MR) is 47.6 cm³/mol. The van der Waals surface area contributed by atoms with Crippen molar-refractivity contribution >= 4 is 23.2 Å². The van der Waals surface area contributed by atoms with Gasteiger partial charge in [-0.05, 0) is 19.4 Å². The van der Waals surface area contributed by atoms with Gasteiger partial charge >= 0.3 is 0 Å². The molecule has 1 nitrogen and oxygen atoms in total. The lowest BCUT2D eigenvalue weighted by Gasteiger charge is -2.17. The molecule has 0 aromatic heterocycles. The Balaban J connectivity index is 3.42. The molecule has 10 heavy (non-hydrogen) atoms. The summed E-state index contributed by atoms with van der Waals surface area (Å²) in [4.78, 5) is 0. The summed E-state index contributed by atoms with van der Waals surface area (Å²) in [5.74, 6) is 0. The van der Waals surface area contributed by atoms with Gasteiger partial charge in [0.05, 0.1) is 0 Å². The number of rotatable bonds is 5. The van der Waals surface area contributed by atoms with Crippen LogP contribution in [0.15, 0.2) is 0 Å². The molecule has 2 N–H and O–H groups in total. The molecule has 0 aromatic rings. The maximum atomic E-state index is 5.90. The van der Waals surface area contributed by atoms with Crippen molar-refractivity contribution in [1.29, 1.82) is 0 Å². The second kappa shape index (κ2) is 5.22. The van der Waals surface area contributed by atoms with Crippen LogP contribution in [-0.4, -0.2) is 10.9 Å². The largest absolute Gasteiger partial charge is 0.330 e. The van der Waals surface area contributed by atoms with Gasteiger partial charge in [-0.15, -0.1) is 23.2 Å². The third-order valence-electron chi connectivity index (χ3n) is 1.41. The van der Waals surface area contributed by atoms with Crippen molar-refractivity contribution in [2.24, 2.45) is 5.73 Å². The van der Waals surface area contributed by atoms with Crippen LogP contribution in [0.5, 0.6) is 0 Å². The van der Waals surface area contributed by atoms with Gasteiger partial charge in [-0.3, -0.25) is 0 Å². The zero-order valence-electron chi connectivity index (χ0n) is 6.37. The first-order chi connectivity index (χ1) is 4.62. The standard InChI is InChI=1S/C7H15Cl2N/c1-2-3-4-7(8,9)5-6-10/h2-6,10H2,1H3. The Morgan fingerprint density at radius 1 is 1.30 bits per heavy atom. The molecule has 0 aliphatic carbocycles. The van der Waals surface area contributed by atoms with Gasteiger partial charge in [0.2, 0.25) is 0 Å². The van der Waals surface area contributed by atoms with Crippen molar-refractivity contribution in [3.05, 3.63) is 0 Å². The second-order valence-electron chi connectivity index (χ2n) is 2.50. The van der Waals surface area contributed by atoms with Crippen molar-refractivity contribution in [2.75, 3.05) is 6.54 Å². The van der Waals surface area contributed by atoms with Crippen molar-refractivity contribution in [2.45, 2.75) is 36.9 Å². The summed E-state index contributed by atoms with van der Waals surface area (Å²) in [5.41, 5.74) is 5.32. The van der Waals surface area contributed by atoms with Crippen molar-refractivity contribution in [3.8, 4) is 0 Å². The average molecular weight is 184 g/mol. The van der Waals surface area contributed by atoms with E-state index < -0.39 is 4.33 Å². The Morgan fingerprint density at radius 3 is 2.30 bits per heavy atom. The Bertz CT molecular complexity index is 83.7. The predicted octanol–water partition coefficient (Wildman–Crippen LogP) is 2.70. The molecular weight excluding hydrogens is 169 g/mol. The van der Waals surface area contributed by atoms with Gasteiger partial charge in [0, 0.05) is 0 Å². The van der Waals surface area contributed by atoms with Crippen LogP contribution in [0.3, 0.4) is 0 Å². The van der Waals surface area contributed by atoms with Crippen LogP contribution in [-0.2, 0) is 0 Å². The first-order valence-electron chi connectivity index (χ1n) is 3.70. The van der Waals surface area contributed by atoms with E-state index in [9.17, 15) is 0 Å². The zero-order chi connectivity index (χ0) is 8.04. The molecule has 0 spiro atoms. The highest BCUT2D eigenvalue weighted by atomic mass is 35.5. The highest BCUT2D eigenvalue weighted by Crippen LogP contribution is 2.30. The van der Waals surface area contributed by atoms with E-state index in [2.05, 4.69) is 6.92 Å². The van der Waals surface area contributed by atoms with E-state index in [0.29, 0.717) is 13.0 Å². The molecule has 0 atom stereocenters. The van der Waals surface area contributed by atoms with Crippen LogP contribution < -0.4 is 5.73 Å². The van der Waals surface area contributed by atoms with Crippen LogP contribution in [0.4, 0.5) is 0 Å². The minimum atomic E-state index is -0.579. The van der Waals surface area contributed by atoms with Crippen LogP contribution in [0.25, 0.3) is 0 Å². The van der Waals surface area contributed by atoms with E-state index >= 15 is 0 Å². The van der Waals surface area contributed by atoms with E-state index in [-0.39, 0.29) is 0 Å². The molecule has 0 fully saturated rings. The molecule has 0 bridgehead atoms. The molecule has 0 aliphatic heterocycles. The monoisotopic (exact) mass is 183 g/mol. The Hall–Kier alpha value is 0.540. The molecule has 0 radical (unpaired) electrons. The second-order valence-corrected chi connectivity index (χ2v) is 4.14. The molecule has 0 aliphatic rings. The molecule has 0 heterocycles. The highest BCUT2D eigenvalue weighted by molar-refractivity contribution is 6.48. The lowest BCUT2D eigenvalue weighted by Crippen LogP contribution is -2.17. The lowest BCUT2D eigenvalue weighted by molar-refractivity contribution is 0.603. The van der Waals surface area contributed by atoms with E-state index in [1.807, 2.05) is 0 Å². The van der Waals surface area contributed by atoms with Crippen LogP contribution in [0.2, 0.25) is 0 Å². The normalized spacial score (nSPS) is 12.0. The van der Waals surface area contributed by atoms with Crippen molar-refractivity contribution in [1.82, 2.24) is 0 Å². The first kappa shape index (κ1) is 10.5. The summed E-state index contributed by atoms with van der Waals surface area (Å²) in [6.45, 7) is 2.68. The molecule has 0 rings (SSSR count). The Morgan fingerprint density at radius 2 is 1.90 bits per heavy atom. The van der Waals surface area contributed by atoms with E-state index in [0.717, 1.165) is 19.3 Å². The molecule has 0 unspecified atom stereocenters. The highest BCUT2D eigenvalue weighted by Gasteiger charge is 2.21. The summed E-state index contributed by atoms with van der Waals surface area (Å²) in [6, 6.07) is 0. The number of halogens is 2. The summed E-state index contributed by atoms with van der Waals surface area (Å²) in [5, 5.41) is 0. The molecule has 62 valence electrons. The summed E-state index contributed by atoms with van der Waals surface area (Å²) >= 11 is 11.8. The fourth-order valence-electron chi connectivity index (χ4n) is 0.772. The average Bonchev–Trinajstić information content (AvgIpc) is 1.84. The van der Waals surface area contributed by atoms with Crippen LogP contribution in [0.1, 0.15) is 32.6 Å². The Labute approximate surface area is 72.9 Å². The third-order valence-corrected chi connectivity index (χ3v) is 2.16. The van der Waals surface area contributed by atoms with Crippen LogP contribution in [0, 0.1) is 0 Å². The molecular formula is C7H15Cl2N. The molecule has 0 saturated carbocycles. The fraction of sp³-hybridized carbons (Fsp3) is 1.00. The third kappa shape index (κ3) is 5.33. The van der Waals surface area contributed by atoms with Gasteiger partial charge in [-0.1, -0.05) is 19.8 Å². The topological polar surface area (TPSA) is 26.0 Å². The fourth-order valence-corrected chi connectivity index (χ4v) is 1.26. The van der Waals surface area contributed by atoms with Gasteiger partial charge in [0.1, 0.15) is 4.33 Å². The van der Waals surface area contributed by atoms with E-state index in [1.54, 1.807) is 0 Å². The number of hydrogen-bond donors (Lipinski definition) is 1. The van der Waals surface area contributed by atoms with Gasteiger partial charge in [0.25, 0.3) is 0 Å². The van der Waals surface area contributed by atoms with Crippen molar-refractivity contribution < 1.29 is 0 Å². The number of hydrogen-bond acceptors (Lipinski definition) is 1. The summed E-state index contributed by atoms with van der Waals surface area (Å²) in [6.07, 6.45) is 3.75. The van der Waals surface area contributed by atoms with Gasteiger partial charge in [-0.2, -0.15) is 0 Å². The van der Waals surface area contributed by atoms with Crippen molar-refractivity contribution in [3.63, 3.8) is 0 Å². The Kier molecular flexibility index (Phi) is 5.51. The minimum Gasteiger partial charge on any atom is -0.330 e. The van der Waals surface area contributed by atoms with Gasteiger partial charge in [0.15, 0.2) is 0 Å². The number of alkyl halides is 2. The minimum absolute atomic E-state index is 0.566. The maximum absolute atomic E-state index is 5.90. The molecule has 0 aromatic carbocycles. The SMILES string of the molecule is CCCCC(Cl)(Cl)CCN. The maximum Gasteiger partial charge on any atom is 0.119 e. The summed E-state index contributed by atoms with van der Waals surface area (Å²) in [7, 11) is 0. The quantitative estimate of drug-likeness (QED) is 0.653. The molecule has 0 amide bonds. The zero-order valence-corrected chi connectivity index (χ0v) is 7.88. The van der Waals surface area contributed by atoms with Crippen LogP contribution >= 0.6 is 23.2 Å². The van der Waals surface area contributed by atoms with Gasteiger partial charge < -0.3 is 5.73 Å². The van der Waals surface area contributed by atoms with E-state index in [1.165, 1.54) is 0 Å². The van der Waals surface area contributed by atoms with E-state index in [4.69, 9.17) is 28.9 Å². The number of unbranched alkanes of at least 4 members (excludes halogenated alkanes) is 1.